The Balaban J connectivity index is 2.21. The van der Waals surface area contributed by atoms with Gasteiger partial charge in [-0.1, -0.05) is 6.92 Å². The summed E-state index contributed by atoms with van der Waals surface area (Å²) in [5.41, 5.74) is 7.51. The van der Waals surface area contributed by atoms with Gasteiger partial charge in [0.25, 0.3) is 5.91 Å². The molecule has 0 saturated heterocycles. The number of aromatic nitrogens is 3. The van der Waals surface area contributed by atoms with Crippen LogP contribution in [0.1, 0.15) is 34.6 Å². The van der Waals surface area contributed by atoms with Gasteiger partial charge in [0, 0.05) is 12.6 Å². The van der Waals surface area contributed by atoms with Gasteiger partial charge in [-0.15, -0.1) is 0 Å². The summed E-state index contributed by atoms with van der Waals surface area (Å²) in [7, 11) is 1.79. The van der Waals surface area contributed by atoms with Crippen LogP contribution < -0.4 is 11.1 Å². The third kappa shape index (κ3) is 2.50. The van der Waals surface area contributed by atoms with E-state index in [0.717, 1.165) is 17.7 Å². The molecule has 7 nitrogen and oxygen atoms in total. The van der Waals surface area contributed by atoms with Gasteiger partial charge < -0.3 is 15.5 Å². The highest BCUT2D eigenvalue weighted by molar-refractivity contribution is 6.02. The van der Waals surface area contributed by atoms with Gasteiger partial charge in [0.2, 0.25) is 5.89 Å². The zero-order chi connectivity index (χ0) is 14.0. The van der Waals surface area contributed by atoms with Gasteiger partial charge in [-0.2, -0.15) is 5.10 Å². The van der Waals surface area contributed by atoms with Gasteiger partial charge in [-0.3, -0.25) is 9.48 Å². The number of anilines is 1. The molecule has 0 unspecified atom stereocenters. The molecule has 102 valence electrons. The van der Waals surface area contributed by atoms with Gasteiger partial charge in [-0.25, -0.2) is 4.98 Å². The fourth-order valence-electron chi connectivity index (χ4n) is 1.88. The van der Waals surface area contributed by atoms with E-state index >= 15 is 0 Å². The van der Waals surface area contributed by atoms with E-state index in [0.29, 0.717) is 11.7 Å². The molecule has 7 heteroatoms. The van der Waals surface area contributed by atoms with Crippen molar-refractivity contribution < 1.29 is 9.21 Å². The van der Waals surface area contributed by atoms with E-state index in [9.17, 15) is 4.79 Å². The maximum atomic E-state index is 12.0. The summed E-state index contributed by atoms with van der Waals surface area (Å²) in [6.07, 6.45) is 2.11. The van der Waals surface area contributed by atoms with E-state index in [2.05, 4.69) is 15.4 Å². The van der Waals surface area contributed by atoms with Gasteiger partial charge in [0.15, 0.2) is 5.69 Å². The van der Waals surface area contributed by atoms with E-state index in [1.165, 1.54) is 6.26 Å². The Kier molecular flexibility index (Phi) is 3.66. The molecule has 19 heavy (non-hydrogen) atoms. The number of oxazole rings is 1. The molecule has 0 fully saturated rings. The maximum absolute atomic E-state index is 12.0. The van der Waals surface area contributed by atoms with Crippen molar-refractivity contribution in [3.63, 3.8) is 0 Å². The smallest absolute Gasteiger partial charge is 0.278 e. The fraction of sp³-hybridized carbons (Fsp3) is 0.417. The first kappa shape index (κ1) is 13.3. The van der Waals surface area contributed by atoms with E-state index in [4.69, 9.17) is 10.2 Å². The molecule has 0 aliphatic heterocycles. The lowest BCUT2D eigenvalue weighted by atomic mass is 10.2. The lowest BCUT2D eigenvalue weighted by molar-refractivity contribution is 0.102. The van der Waals surface area contributed by atoms with Crippen molar-refractivity contribution in [2.24, 2.45) is 12.8 Å². The monoisotopic (exact) mass is 263 g/mol. The topological polar surface area (TPSA) is 99.0 Å². The van der Waals surface area contributed by atoms with Crippen LogP contribution in [0.5, 0.6) is 0 Å². The summed E-state index contributed by atoms with van der Waals surface area (Å²) in [5.74, 6) is 0.664. The molecule has 0 atom stereocenters. The number of carbonyl (C=O) groups is 1. The van der Waals surface area contributed by atoms with E-state index in [-0.39, 0.29) is 18.1 Å². The van der Waals surface area contributed by atoms with Crippen LogP contribution in [0.25, 0.3) is 0 Å². The number of nitrogens with zero attached hydrogens (tertiary/aromatic N) is 3. The Hall–Kier alpha value is -2.15. The van der Waals surface area contributed by atoms with Gasteiger partial charge in [0.1, 0.15) is 12.1 Å². The molecule has 0 radical (unpaired) electrons. The summed E-state index contributed by atoms with van der Waals surface area (Å²) in [4.78, 5) is 16.0. The molecular weight excluding hydrogens is 246 g/mol. The number of amides is 1. The second kappa shape index (κ2) is 5.23. The highest BCUT2D eigenvalue weighted by atomic mass is 16.3. The van der Waals surface area contributed by atoms with Gasteiger partial charge in [-0.05, 0) is 13.3 Å². The zero-order valence-electron chi connectivity index (χ0n) is 11.2. The van der Waals surface area contributed by atoms with Crippen molar-refractivity contribution in [2.45, 2.75) is 26.8 Å². The average molecular weight is 263 g/mol. The lowest BCUT2D eigenvalue weighted by Gasteiger charge is -2.04. The molecule has 3 N–H and O–H groups in total. The van der Waals surface area contributed by atoms with Crippen LogP contribution in [0, 0.1) is 6.92 Å². The minimum atomic E-state index is -0.336. The summed E-state index contributed by atoms with van der Waals surface area (Å²) >= 11 is 0. The minimum absolute atomic E-state index is 0.165. The Labute approximate surface area is 110 Å². The number of nitrogens with one attached hydrogen (secondary N) is 1. The van der Waals surface area contributed by atoms with E-state index in [1.807, 2.05) is 13.8 Å². The van der Waals surface area contributed by atoms with Crippen LogP contribution in [0.2, 0.25) is 0 Å². The summed E-state index contributed by atoms with van der Waals surface area (Å²) in [6, 6.07) is 0. The predicted octanol–water partition coefficient (Wildman–Crippen LogP) is 0.990. The van der Waals surface area contributed by atoms with Crippen molar-refractivity contribution in [1.29, 1.82) is 0 Å². The number of carbonyl (C=O) groups excluding carboxylic acids is 1. The van der Waals surface area contributed by atoms with Crippen LogP contribution >= 0.6 is 0 Å². The van der Waals surface area contributed by atoms with Crippen molar-refractivity contribution in [3.05, 3.63) is 29.1 Å². The molecule has 2 aromatic heterocycles. The Bertz CT molecular complexity index is 599. The average Bonchev–Trinajstić information content (AvgIpc) is 2.98. The quantitative estimate of drug-likeness (QED) is 0.857. The molecule has 1 amide bonds. The Morgan fingerprint density at radius 2 is 2.32 bits per heavy atom. The lowest BCUT2D eigenvalue weighted by Crippen LogP contribution is -2.16. The molecule has 2 rings (SSSR count). The number of hydrogen-bond acceptors (Lipinski definition) is 5. The molecule has 2 aromatic rings. The van der Waals surface area contributed by atoms with Crippen LogP contribution in [0.4, 0.5) is 5.82 Å². The van der Waals surface area contributed by atoms with E-state index < -0.39 is 0 Å². The summed E-state index contributed by atoms with van der Waals surface area (Å²) < 4.78 is 6.69. The molecule has 0 aliphatic carbocycles. The molecular formula is C12H17N5O2. The first-order chi connectivity index (χ1) is 9.06. The second-order valence-corrected chi connectivity index (χ2v) is 4.18. The fourth-order valence-corrected chi connectivity index (χ4v) is 1.88. The molecule has 2 heterocycles. The number of aryl methyl sites for hydroxylation is 2. The number of hydrogen-bond donors (Lipinski definition) is 2. The standard InChI is InChI=1S/C12H17N5O2/c1-4-8-7(2)11(17(3)16-8)15-12(18)9-6-19-10(5-13)14-9/h6H,4-5,13H2,1-3H3,(H,15,18). The zero-order valence-corrected chi connectivity index (χ0v) is 11.2. The first-order valence-electron chi connectivity index (χ1n) is 6.05. The van der Waals surface area contributed by atoms with Crippen molar-refractivity contribution in [3.8, 4) is 0 Å². The number of nitrogens with two attached hydrogens (primary N) is 1. The van der Waals surface area contributed by atoms with Crippen LogP contribution in [-0.2, 0) is 20.0 Å². The van der Waals surface area contributed by atoms with Gasteiger partial charge in [0.05, 0.1) is 12.2 Å². The van der Waals surface area contributed by atoms with Crippen LogP contribution in [0.15, 0.2) is 10.7 Å². The molecule has 0 spiro atoms. The van der Waals surface area contributed by atoms with Crippen LogP contribution in [0.3, 0.4) is 0 Å². The molecule has 0 aliphatic rings. The van der Waals surface area contributed by atoms with Crippen molar-refractivity contribution in [2.75, 3.05) is 5.32 Å². The second-order valence-electron chi connectivity index (χ2n) is 4.18. The largest absolute Gasteiger partial charge is 0.447 e. The number of rotatable bonds is 4. The summed E-state index contributed by atoms with van der Waals surface area (Å²) in [6.45, 7) is 4.11. The van der Waals surface area contributed by atoms with Crippen LogP contribution in [-0.4, -0.2) is 20.7 Å². The Morgan fingerprint density at radius 3 is 2.84 bits per heavy atom. The van der Waals surface area contributed by atoms with Gasteiger partial charge >= 0.3 is 0 Å². The van der Waals surface area contributed by atoms with Crippen molar-refractivity contribution >= 4 is 11.7 Å². The maximum Gasteiger partial charge on any atom is 0.278 e. The third-order valence-corrected chi connectivity index (χ3v) is 2.91. The highest BCUT2D eigenvalue weighted by Gasteiger charge is 2.17. The third-order valence-electron chi connectivity index (χ3n) is 2.91. The molecule has 0 bridgehead atoms. The first-order valence-corrected chi connectivity index (χ1v) is 6.05. The summed E-state index contributed by atoms with van der Waals surface area (Å²) in [5, 5.41) is 7.12. The SMILES string of the molecule is CCc1nn(C)c(NC(=O)c2coc(CN)n2)c1C. The molecule has 0 saturated carbocycles. The van der Waals surface area contributed by atoms with E-state index in [1.54, 1.807) is 11.7 Å². The molecule has 0 aromatic carbocycles. The minimum Gasteiger partial charge on any atom is -0.447 e. The predicted molar refractivity (Wildman–Crippen MR) is 69.7 cm³/mol. The van der Waals surface area contributed by atoms with Crippen molar-refractivity contribution in [1.82, 2.24) is 14.8 Å². The highest BCUT2D eigenvalue weighted by Crippen LogP contribution is 2.19. The normalized spacial score (nSPS) is 10.7. The Morgan fingerprint density at radius 1 is 1.58 bits per heavy atom.